The molecule has 2 nitrogen and oxygen atoms in total. The molecule has 3 heteroatoms. The number of piperidine rings is 1. The van der Waals surface area contributed by atoms with Crippen LogP contribution in [0.25, 0.3) is 0 Å². The van der Waals surface area contributed by atoms with Gasteiger partial charge in [0, 0.05) is 30.4 Å². The van der Waals surface area contributed by atoms with Gasteiger partial charge in [0.05, 0.1) is 6.61 Å². The van der Waals surface area contributed by atoms with E-state index in [1.165, 1.54) is 43.4 Å². The lowest BCUT2D eigenvalue weighted by molar-refractivity contribution is 0.145. The van der Waals surface area contributed by atoms with Gasteiger partial charge in [-0.15, -0.1) is 11.6 Å². The molecule has 108 valence electrons. The Bertz CT molecular complexity index is 490. The summed E-state index contributed by atoms with van der Waals surface area (Å²) in [6.07, 6.45) is 7.32. The zero-order valence-corrected chi connectivity index (χ0v) is 12.6. The van der Waals surface area contributed by atoms with Crippen LogP contribution in [0.1, 0.15) is 36.8 Å². The van der Waals surface area contributed by atoms with E-state index in [9.17, 15) is 0 Å². The Morgan fingerprint density at radius 2 is 2.00 bits per heavy atom. The van der Waals surface area contributed by atoms with Crippen LogP contribution in [-0.2, 0) is 12.8 Å². The van der Waals surface area contributed by atoms with Crippen molar-refractivity contribution >= 4 is 11.6 Å². The highest BCUT2D eigenvalue weighted by atomic mass is 35.5. The highest BCUT2D eigenvalue weighted by Crippen LogP contribution is 2.37. The minimum Gasteiger partial charge on any atom is -0.493 e. The highest BCUT2D eigenvalue weighted by Gasteiger charge is 2.39. The predicted octanol–water partition coefficient (Wildman–Crippen LogP) is 3.40. The van der Waals surface area contributed by atoms with Gasteiger partial charge in [0.25, 0.3) is 0 Å². The van der Waals surface area contributed by atoms with Gasteiger partial charge in [-0.1, -0.05) is 12.1 Å². The molecule has 0 spiro atoms. The molecule has 4 rings (SSSR count). The van der Waals surface area contributed by atoms with Gasteiger partial charge >= 0.3 is 0 Å². The molecule has 0 radical (unpaired) electrons. The van der Waals surface area contributed by atoms with E-state index in [-0.39, 0.29) is 0 Å². The van der Waals surface area contributed by atoms with Crippen LogP contribution < -0.4 is 4.74 Å². The van der Waals surface area contributed by atoms with Crippen molar-refractivity contribution in [2.75, 3.05) is 13.2 Å². The fourth-order valence-electron chi connectivity index (χ4n) is 4.23. The number of benzene rings is 1. The van der Waals surface area contributed by atoms with Crippen LogP contribution in [0, 0.1) is 0 Å². The van der Waals surface area contributed by atoms with Gasteiger partial charge in [-0.25, -0.2) is 0 Å². The zero-order valence-electron chi connectivity index (χ0n) is 11.9. The monoisotopic (exact) mass is 291 g/mol. The van der Waals surface area contributed by atoms with Crippen LogP contribution in [0.2, 0.25) is 0 Å². The molecule has 0 saturated carbocycles. The van der Waals surface area contributed by atoms with E-state index in [0.29, 0.717) is 5.38 Å². The van der Waals surface area contributed by atoms with Gasteiger partial charge in [-0.3, -0.25) is 4.90 Å². The molecule has 0 aliphatic carbocycles. The fraction of sp³-hybridized carbons (Fsp3) is 0.647. The normalized spacial score (nSPS) is 32.1. The Hall–Kier alpha value is -0.730. The van der Waals surface area contributed by atoms with Crippen molar-refractivity contribution < 1.29 is 4.74 Å². The van der Waals surface area contributed by atoms with Crippen molar-refractivity contribution in [3.05, 3.63) is 29.3 Å². The van der Waals surface area contributed by atoms with E-state index in [1.54, 1.807) is 0 Å². The van der Waals surface area contributed by atoms with Crippen LogP contribution in [0.5, 0.6) is 5.75 Å². The van der Waals surface area contributed by atoms with E-state index in [2.05, 4.69) is 23.1 Å². The summed E-state index contributed by atoms with van der Waals surface area (Å²) in [7, 11) is 0. The summed E-state index contributed by atoms with van der Waals surface area (Å²) >= 11 is 6.35. The first-order valence-electron chi connectivity index (χ1n) is 7.94. The molecule has 0 aromatic heterocycles. The average molecular weight is 292 g/mol. The quantitative estimate of drug-likeness (QED) is 0.792. The maximum atomic E-state index is 6.35. The number of ether oxygens (including phenoxy) is 1. The first-order valence-corrected chi connectivity index (χ1v) is 8.37. The fourth-order valence-corrected chi connectivity index (χ4v) is 4.64. The first kappa shape index (κ1) is 13.0. The van der Waals surface area contributed by atoms with Gasteiger partial charge in [0.1, 0.15) is 5.75 Å². The van der Waals surface area contributed by atoms with Crippen LogP contribution in [0.15, 0.2) is 18.2 Å². The maximum absolute atomic E-state index is 6.35. The third-order valence-electron chi connectivity index (χ3n) is 5.24. The Kier molecular flexibility index (Phi) is 3.39. The molecular weight excluding hydrogens is 270 g/mol. The standard InChI is InChI=1S/C17H22ClNO/c18-14-10-15-2-3-16(11-14)19(15)7-5-12-1-4-17-13(9-12)6-8-20-17/h1,4,9,14-16H,2-3,5-8,10-11H2. The number of hydrogen-bond donors (Lipinski definition) is 0. The summed E-state index contributed by atoms with van der Waals surface area (Å²) in [4.78, 5) is 2.72. The SMILES string of the molecule is ClC1CC2CCC(C1)N2CCc1ccc2c(c1)CCO2. The summed E-state index contributed by atoms with van der Waals surface area (Å²) in [5.74, 6) is 1.09. The minimum atomic E-state index is 0.417. The predicted molar refractivity (Wildman–Crippen MR) is 81.7 cm³/mol. The number of rotatable bonds is 3. The van der Waals surface area contributed by atoms with Crippen LogP contribution >= 0.6 is 11.6 Å². The number of halogens is 1. The summed E-state index contributed by atoms with van der Waals surface area (Å²) in [5.41, 5.74) is 2.85. The van der Waals surface area contributed by atoms with Gasteiger partial charge in [-0.2, -0.15) is 0 Å². The van der Waals surface area contributed by atoms with Gasteiger partial charge in [0.15, 0.2) is 0 Å². The minimum absolute atomic E-state index is 0.417. The lowest BCUT2D eigenvalue weighted by Gasteiger charge is -2.37. The third kappa shape index (κ3) is 2.33. The van der Waals surface area contributed by atoms with Crippen molar-refractivity contribution in [1.29, 1.82) is 0 Å². The first-order chi connectivity index (χ1) is 9.79. The topological polar surface area (TPSA) is 12.5 Å². The summed E-state index contributed by atoms with van der Waals surface area (Å²) in [5, 5.41) is 0.417. The molecule has 3 aliphatic rings. The molecule has 20 heavy (non-hydrogen) atoms. The van der Waals surface area contributed by atoms with Crippen molar-refractivity contribution in [2.45, 2.75) is 56.0 Å². The van der Waals surface area contributed by atoms with E-state index < -0.39 is 0 Å². The van der Waals surface area contributed by atoms with Crippen LogP contribution in [0.4, 0.5) is 0 Å². The zero-order chi connectivity index (χ0) is 13.5. The second-order valence-electron chi connectivity index (χ2n) is 6.48. The largest absolute Gasteiger partial charge is 0.493 e. The molecule has 2 atom stereocenters. The number of alkyl halides is 1. The van der Waals surface area contributed by atoms with Gasteiger partial charge in [-0.05, 0) is 49.3 Å². The van der Waals surface area contributed by atoms with E-state index >= 15 is 0 Å². The molecule has 2 saturated heterocycles. The molecule has 2 bridgehead atoms. The average Bonchev–Trinajstić information content (AvgIpc) is 2.99. The van der Waals surface area contributed by atoms with Crippen LogP contribution in [-0.4, -0.2) is 35.5 Å². The van der Waals surface area contributed by atoms with Crippen LogP contribution in [0.3, 0.4) is 0 Å². The van der Waals surface area contributed by atoms with Crippen molar-refractivity contribution in [2.24, 2.45) is 0 Å². The molecule has 2 fully saturated rings. The summed E-state index contributed by atoms with van der Waals surface area (Å²) in [6.45, 7) is 2.05. The van der Waals surface area contributed by atoms with Crippen molar-refractivity contribution in [3.8, 4) is 5.75 Å². The van der Waals surface area contributed by atoms with E-state index in [1.807, 2.05) is 0 Å². The Balaban J connectivity index is 1.41. The number of nitrogens with zero attached hydrogens (tertiary/aromatic N) is 1. The molecule has 2 unspecified atom stereocenters. The maximum Gasteiger partial charge on any atom is 0.122 e. The van der Waals surface area contributed by atoms with Gasteiger partial charge < -0.3 is 4.74 Å². The molecular formula is C17H22ClNO. The smallest absolute Gasteiger partial charge is 0.122 e. The molecule has 3 heterocycles. The molecule has 1 aromatic carbocycles. The number of hydrogen-bond acceptors (Lipinski definition) is 2. The second-order valence-corrected chi connectivity index (χ2v) is 7.10. The summed E-state index contributed by atoms with van der Waals surface area (Å²) < 4.78 is 5.58. The van der Waals surface area contributed by atoms with Crippen molar-refractivity contribution in [3.63, 3.8) is 0 Å². The lowest BCUT2D eigenvalue weighted by Crippen LogP contribution is -2.44. The molecule has 3 aliphatic heterocycles. The van der Waals surface area contributed by atoms with E-state index in [4.69, 9.17) is 16.3 Å². The van der Waals surface area contributed by atoms with E-state index in [0.717, 1.165) is 37.3 Å². The second kappa shape index (κ2) is 5.23. The van der Waals surface area contributed by atoms with Crippen molar-refractivity contribution in [1.82, 2.24) is 4.90 Å². The Labute approximate surface area is 126 Å². The highest BCUT2D eigenvalue weighted by molar-refractivity contribution is 6.20. The molecule has 1 aromatic rings. The molecule has 0 N–H and O–H groups in total. The summed E-state index contributed by atoms with van der Waals surface area (Å²) in [6, 6.07) is 8.22. The van der Waals surface area contributed by atoms with Gasteiger partial charge in [0.2, 0.25) is 0 Å². The number of fused-ring (bicyclic) bond motifs is 3. The lowest BCUT2D eigenvalue weighted by atomic mass is 10.0. The molecule has 0 amide bonds. The third-order valence-corrected chi connectivity index (χ3v) is 5.60. The Morgan fingerprint density at radius 3 is 2.80 bits per heavy atom. The Morgan fingerprint density at radius 1 is 1.20 bits per heavy atom.